The third kappa shape index (κ3) is 2.77. The van der Waals surface area contributed by atoms with Crippen LogP contribution < -0.4 is 5.32 Å². The Labute approximate surface area is 110 Å². The van der Waals surface area contributed by atoms with Crippen LogP contribution in [0.3, 0.4) is 0 Å². The highest BCUT2D eigenvalue weighted by Gasteiger charge is 2.32. The third-order valence-electron chi connectivity index (χ3n) is 2.66. The first-order valence-electron chi connectivity index (χ1n) is 5.66. The van der Waals surface area contributed by atoms with Crippen LogP contribution in [0, 0.1) is 0 Å². The van der Waals surface area contributed by atoms with Crippen LogP contribution in [-0.2, 0) is 9.59 Å². The molecule has 1 heterocycles. The van der Waals surface area contributed by atoms with Gasteiger partial charge in [-0.25, -0.2) is 4.79 Å². The Morgan fingerprint density at radius 2 is 1.79 bits per heavy atom. The molecule has 19 heavy (non-hydrogen) atoms. The summed E-state index contributed by atoms with van der Waals surface area (Å²) < 4.78 is 0. The molecular weight excluding hydrogens is 244 g/mol. The summed E-state index contributed by atoms with van der Waals surface area (Å²) in [6.45, 7) is 0. The molecule has 1 N–H and O–H groups in total. The predicted octanol–water partition coefficient (Wildman–Crippen LogP) is 1.33. The first-order valence-corrected chi connectivity index (χ1v) is 5.66. The summed E-state index contributed by atoms with van der Waals surface area (Å²) in [6, 6.07) is 8.75. The number of benzene rings is 1. The van der Waals surface area contributed by atoms with Crippen LogP contribution >= 0.6 is 0 Å². The van der Waals surface area contributed by atoms with Crippen molar-refractivity contribution in [3.63, 3.8) is 0 Å². The zero-order valence-electron chi connectivity index (χ0n) is 10.3. The van der Waals surface area contributed by atoms with Crippen LogP contribution in [0.4, 0.5) is 4.79 Å². The number of carbonyl (C=O) groups excluding carboxylic acids is 3. The van der Waals surface area contributed by atoms with Crippen molar-refractivity contribution < 1.29 is 14.4 Å². The summed E-state index contributed by atoms with van der Waals surface area (Å²) in [4.78, 5) is 35.3. The molecule has 5 nitrogen and oxygen atoms in total. The molecule has 0 saturated carbocycles. The Hall–Kier alpha value is -2.69. The number of hydrogen-bond donors (Lipinski definition) is 1. The number of nitrogens with one attached hydrogen (secondary N) is 1. The maximum atomic E-state index is 11.7. The summed E-state index contributed by atoms with van der Waals surface area (Å²) in [7, 11) is 1.32. The molecule has 0 aliphatic carbocycles. The maximum Gasteiger partial charge on any atom is 0.331 e. The van der Waals surface area contributed by atoms with Gasteiger partial charge in [-0.1, -0.05) is 42.5 Å². The highest BCUT2D eigenvalue weighted by atomic mass is 16.2. The SMILES string of the molecule is CN1C(=O)NC(=O)C(=CC=Cc2ccccc2)C1=O. The average Bonchev–Trinajstić information content (AvgIpc) is 2.41. The summed E-state index contributed by atoms with van der Waals surface area (Å²) in [5.74, 6) is -1.28. The largest absolute Gasteiger partial charge is 0.331 e. The van der Waals surface area contributed by atoms with Crippen molar-refractivity contribution in [3.8, 4) is 0 Å². The molecule has 0 atom stereocenters. The topological polar surface area (TPSA) is 66.5 Å². The number of rotatable bonds is 2. The van der Waals surface area contributed by atoms with Crippen LogP contribution in [0.2, 0.25) is 0 Å². The highest BCUT2D eigenvalue weighted by molar-refractivity contribution is 6.28. The van der Waals surface area contributed by atoms with E-state index in [2.05, 4.69) is 5.32 Å². The highest BCUT2D eigenvalue weighted by Crippen LogP contribution is 2.09. The molecule has 0 unspecified atom stereocenters. The van der Waals surface area contributed by atoms with Gasteiger partial charge in [0.15, 0.2) is 0 Å². The molecule has 1 aromatic rings. The third-order valence-corrected chi connectivity index (χ3v) is 2.66. The Morgan fingerprint density at radius 1 is 1.11 bits per heavy atom. The minimum absolute atomic E-state index is 0.0609. The van der Waals surface area contributed by atoms with Gasteiger partial charge in [-0.2, -0.15) is 0 Å². The number of likely N-dealkylation sites (N-methyl/N-ethyl adjacent to an activating group) is 1. The lowest BCUT2D eigenvalue weighted by Gasteiger charge is -2.21. The second-order valence-electron chi connectivity index (χ2n) is 3.97. The molecule has 5 heteroatoms. The number of nitrogens with zero attached hydrogens (tertiary/aromatic N) is 1. The van der Waals surface area contributed by atoms with E-state index in [-0.39, 0.29) is 5.57 Å². The molecule has 2 rings (SSSR count). The van der Waals surface area contributed by atoms with Gasteiger partial charge in [0.25, 0.3) is 11.8 Å². The number of urea groups is 1. The van der Waals surface area contributed by atoms with Crippen LogP contribution in [0.25, 0.3) is 6.08 Å². The number of carbonyl (C=O) groups is 3. The molecule has 1 saturated heterocycles. The Balaban J connectivity index is 2.19. The molecule has 1 aliphatic rings. The minimum atomic E-state index is -0.709. The fourth-order valence-electron chi connectivity index (χ4n) is 1.58. The molecule has 1 fully saturated rings. The van der Waals surface area contributed by atoms with Gasteiger partial charge in [-0.3, -0.25) is 19.8 Å². The van der Waals surface area contributed by atoms with Crippen molar-refractivity contribution in [3.05, 3.63) is 53.6 Å². The van der Waals surface area contributed by atoms with E-state index in [4.69, 9.17) is 0 Å². The minimum Gasteiger partial charge on any atom is -0.273 e. The van der Waals surface area contributed by atoms with Crippen molar-refractivity contribution in [2.24, 2.45) is 0 Å². The zero-order valence-corrected chi connectivity index (χ0v) is 10.3. The molecule has 0 radical (unpaired) electrons. The number of barbiturate groups is 1. The van der Waals surface area contributed by atoms with Gasteiger partial charge in [-0.15, -0.1) is 0 Å². The number of amides is 4. The lowest BCUT2D eigenvalue weighted by molar-refractivity contribution is -0.129. The number of imide groups is 2. The molecule has 0 spiro atoms. The van der Waals surface area contributed by atoms with E-state index in [1.165, 1.54) is 13.1 Å². The van der Waals surface area contributed by atoms with E-state index in [1.807, 2.05) is 30.3 Å². The number of allylic oxidation sites excluding steroid dienone is 2. The van der Waals surface area contributed by atoms with Gasteiger partial charge in [0.2, 0.25) is 0 Å². The Kier molecular flexibility index (Phi) is 3.56. The van der Waals surface area contributed by atoms with Crippen LogP contribution in [-0.4, -0.2) is 29.8 Å². The normalized spacial score (nSPS) is 18.3. The van der Waals surface area contributed by atoms with E-state index in [0.29, 0.717) is 0 Å². The lowest BCUT2D eigenvalue weighted by atomic mass is 10.1. The summed E-state index contributed by atoms with van der Waals surface area (Å²) in [5, 5.41) is 2.08. The average molecular weight is 256 g/mol. The van der Waals surface area contributed by atoms with Gasteiger partial charge in [0.05, 0.1) is 0 Å². The van der Waals surface area contributed by atoms with Crippen molar-refractivity contribution in [2.75, 3.05) is 7.05 Å². The zero-order chi connectivity index (χ0) is 13.8. The summed E-state index contributed by atoms with van der Waals surface area (Å²) in [6.07, 6.45) is 4.77. The van der Waals surface area contributed by atoms with Crippen molar-refractivity contribution in [2.45, 2.75) is 0 Å². The predicted molar refractivity (Wildman–Crippen MR) is 69.9 cm³/mol. The molecule has 96 valence electrons. The quantitative estimate of drug-likeness (QED) is 0.641. The van der Waals surface area contributed by atoms with E-state index in [1.54, 1.807) is 12.2 Å². The van der Waals surface area contributed by atoms with Gasteiger partial charge in [0.1, 0.15) is 5.57 Å². The Morgan fingerprint density at radius 3 is 2.47 bits per heavy atom. The van der Waals surface area contributed by atoms with E-state index < -0.39 is 17.8 Å². The van der Waals surface area contributed by atoms with Crippen LogP contribution in [0.15, 0.2) is 48.1 Å². The fraction of sp³-hybridized carbons (Fsp3) is 0.0714. The lowest BCUT2D eigenvalue weighted by Crippen LogP contribution is -2.52. The van der Waals surface area contributed by atoms with E-state index in [9.17, 15) is 14.4 Å². The first kappa shape index (κ1) is 12.8. The smallest absolute Gasteiger partial charge is 0.273 e. The van der Waals surface area contributed by atoms with Gasteiger partial charge >= 0.3 is 6.03 Å². The molecule has 4 amide bonds. The van der Waals surface area contributed by atoms with Gasteiger partial charge in [0, 0.05) is 7.05 Å². The monoisotopic (exact) mass is 256 g/mol. The maximum absolute atomic E-state index is 11.7. The van der Waals surface area contributed by atoms with Crippen molar-refractivity contribution in [1.82, 2.24) is 10.2 Å². The molecule has 0 bridgehead atoms. The fourth-order valence-corrected chi connectivity index (χ4v) is 1.58. The molecule has 1 aromatic carbocycles. The molecule has 0 aromatic heterocycles. The summed E-state index contributed by atoms with van der Waals surface area (Å²) in [5.41, 5.74) is 0.890. The van der Waals surface area contributed by atoms with Crippen molar-refractivity contribution in [1.29, 1.82) is 0 Å². The van der Waals surface area contributed by atoms with E-state index in [0.717, 1.165) is 10.5 Å². The second kappa shape index (κ2) is 5.30. The van der Waals surface area contributed by atoms with Gasteiger partial charge in [-0.05, 0) is 11.6 Å². The summed E-state index contributed by atoms with van der Waals surface area (Å²) >= 11 is 0. The standard InChI is InChI=1S/C14H12N2O3/c1-16-13(18)11(12(17)15-14(16)19)9-5-8-10-6-3-2-4-7-10/h2-9H,1H3,(H,15,17,19). The van der Waals surface area contributed by atoms with Gasteiger partial charge < -0.3 is 0 Å². The molecular formula is C14H12N2O3. The van der Waals surface area contributed by atoms with Crippen LogP contribution in [0.1, 0.15) is 5.56 Å². The Bertz CT molecular complexity index is 588. The second-order valence-corrected chi connectivity index (χ2v) is 3.97. The molecule has 1 aliphatic heterocycles. The van der Waals surface area contributed by atoms with E-state index >= 15 is 0 Å². The van der Waals surface area contributed by atoms with Crippen molar-refractivity contribution >= 4 is 23.9 Å². The first-order chi connectivity index (χ1) is 9.09. The number of hydrogen-bond acceptors (Lipinski definition) is 3. The van der Waals surface area contributed by atoms with Crippen LogP contribution in [0.5, 0.6) is 0 Å².